The smallest absolute Gasteiger partial charge is 0.129 e. The summed E-state index contributed by atoms with van der Waals surface area (Å²) in [6.07, 6.45) is 3.08. The number of aromatic nitrogens is 1. The van der Waals surface area contributed by atoms with E-state index < -0.39 is 0 Å². The lowest BCUT2D eigenvalue weighted by Gasteiger charge is -2.19. The summed E-state index contributed by atoms with van der Waals surface area (Å²) in [6.45, 7) is 3.39. The maximum Gasteiger partial charge on any atom is 0.129 e. The first-order chi connectivity index (χ1) is 7.34. The Hall–Kier alpha value is -0.250. The van der Waals surface area contributed by atoms with Gasteiger partial charge in [-0.25, -0.2) is 4.98 Å². The highest BCUT2D eigenvalue weighted by Crippen LogP contribution is 2.14. The average Bonchev–Trinajstić information content (AvgIpc) is 2.46. The minimum Gasteiger partial charge on any atom is -0.298 e. The molecule has 0 bridgehead atoms. The van der Waals surface area contributed by atoms with Crippen LogP contribution in [0, 0.1) is 0 Å². The van der Waals surface area contributed by atoms with Crippen molar-refractivity contribution in [2.75, 3.05) is 24.6 Å². The molecule has 0 N–H and O–H groups in total. The highest BCUT2D eigenvalue weighted by atomic mass is 35.5. The van der Waals surface area contributed by atoms with Crippen molar-refractivity contribution in [1.82, 2.24) is 9.88 Å². The average molecular weight is 243 g/mol. The summed E-state index contributed by atoms with van der Waals surface area (Å²) in [5.74, 6) is 2.55. The van der Waals surface area contributed by atoms with E-state index in [1.807, 2.05) is 12.1 Å². The molecule has 0 aliphatic carbocycles. The van der Waals surface area contributed by atoms with Crippen LogP contribution in [0.3, 0.4) is 0 Å². The van der Waals surface area contributed by atoms with Gasteiger partial charge in [0, 0.05) is 25.0 Å². The molecule has 1 aliphatic heterocycles. The van der Waals surface area contributed by atoms with Crippen LogP contribution in [0.2, 0.25) is 5.15 Å². The number of hydrogen-bond donors (Lipinski definition) is 0. The highest BCUT2D eigenvalue weighted by Gasteiger charge is 2.09. The molecule has 0 saturated carbocycles. The van der Waals surface area contributed by atoms with E-state index in [1.54, 1.807) is 6.20 Å². The number of thioether (sulfide) groups is 1. The molecule has 1 aromatic rings. The first-order valence-electron chi connectivity index (χ1n) is 5.25. The van der Waals surface area contributed by atoms with Crippen LogP contribution in [-0.2, 0) is 6.54 Å². The van der Waals surface area contributed by atoms with E-state index >= 15 is 0 Å². The van der Waals surface area contributed by atoms with Gasteiger partial charge in [-0.2, -0.15) is 11.8 Å². The van der Waals surface area contributed by atoms with Crippen LogP contribution in [0.25, 0.3) is 0 Å². The Morgan fingerprint density at radius 3 is 3.20 bits per heavy atom. The van der Waals surface area contributed by atoms with Crippen molar-refractivity contribution in [1.29, 1.82) is 0 Å². The summed E-state index contributed by atoms with van der Waals surface area (Å²) in [6, 6.07) is 4.00. The zero-order valence-electron chi connectivity index (χ0n) is 8.66. The number of hydrogen-bond acceptors (Lipinski definition) is 3. The maximum absolute atomic E-state index is 5.86. The standard InChI is InChI=1S/C11H15ClN2S/c12-11-8-10(2-3-13-11)9-14-4-1-6-15-7-5-14/h2-3,8H,1,4-7,9H2. The van der Waals surface area contributed by atoms with Crippen LogP contribution in [0.1, 0.15) is 12.0 Å². The molecule has 4 heteroatoms. The first-order valence-corrected chi connectivity index (χ1v) is 6.78. The molecule has 1 aromatic heterocycles. The van der Waals surface area contributed by atoms with E-state index in [-0.39, 0.29) is 0 Å². The van der Waals surface area contributed by atoms with Gasteiger partial charge in [0.2, 0.25) is 0 Å². The fourth-order valence-corrected chi connectivity index (χ4v) is 2.88. The topological polar surface area (TPSA) is 16.1 Å². The Bertz CT molecular complexity index is 311. The van der Waals surface area contributed by atoms with Gasteiger partial charge in [0.25, 0.3) is 0 Å². The molecule has 1 saturated heterocycles. The van der Waals surface area contributed by atoms with E-state index in [4.69, 9.17) is 11.6 Å². The van der Waals surface area contributed by atoms with Gasteiger partial charge in [0.15, 0.2) is 0 Å². The number of pyridine rings is 1. The second-order valence-electron chi connectivity index (χ2n) is 3.73. The molecule has 0 atom stereocenters. The van der Waals surface area contributed by atoms with Gasteiger partial charge < -0.3 is 0 Å². The Labute approximate surface area is 100 Å². The van der Waals surface area contributed by atoms with Gasteiger partial charge in [0.1, 0.15) is 5.15 Å². The predicted molar refractivity (Wildman–Crippen MR) is 66.5 cm³/mol. The highest BCUT2D eigenvalue weighted by molar-refractivity contribution is 7.99. The van der Waals surface area contributed by atoms with Crippen molar-refractivity contribution in [3.05, 3.63) is 29.0 Å². The lowest BCUT2D eigenvalue weighted by Crippen LogP contribution is -2.25. The fraction of sp³-hybridized carbons (Fsp3) is 0.545. The van der Waals surface area contributed by atoms with Crippen molar-refractivity contribution >= 4 is 23.4 Å². The summed E-state index contributed by atoms with van der Waals surface area (Å²) < 4.78 is 0. The Morgan fingerprint density at radius 1 is 1.40 bits per heavy atom. The third-order valence-electron chi connectivity index (χ3n) is 2.51. The van der Waals surface area contributed by atoms with Crippen LogP contribution < -0.4 is 0 Å². The normalized spacial score (nSPS) is 18.7. The van der Waals surface area contributed by atoms with Crippen LogP contribution in [0.5, 0.6) is 0 Å². The molecule has 0 radical (unpaired) electrons. The number of rotatable bonds is 2. The molecule has 0 aromatic carbocycles. The molecule has 0 spiro atoms. The van der Waals surface area contributed by atoms with Gasteiger partial charge in [-0.3, -0.25) is 4.90 Å². The monoisotopic (exact) mass is 242 g/mol. The summed E-state index contributed by atoms with van der Waals surface area (Å²) in [4.78, 5) is 6.49. The quantitative estimate of drug-likeness (QED) is 0.742. The summed E-state index contributed by atoms with van der Waals surface area (Å²) >= 11 is 7.91. The summed E-state index contributed by atoms with van der Waals surface area (Å²) in [5, 5.41) is 0.594. The van der Waals surface area contributed by atoms with Gasteiger partial charge in [-0.05, 0) is 36.4 Å². The zero-order chi connectivity index (χ0) is 10.5. The molecule has 15 heavy (non-hydrogen) atoms. The molecule has 2 nitrogen and oxygen atoms in total. The number of nitrogens with zero attached hydrogens (tertiary/aromatic N) is 2. The molecule has 1 aliphatic rings. The Balaban J connectivity index is 1.95. The minimum atomic E-state index is 0.594. The Morgan fingerprint density at radius 2 is 2.33 bits per heavy atom. The Kier molecular flexibility index (Phi) is 4.29. The molecule has 1 fully saturated rings. The third-order valence-corrected chi connectivity index (χ3v) is 3.77. The van der Waals surface area contributed by atoms with Gasteiger partial charge >= 0.3 is 0 Å². The molecule has 2 heterocycles. The van der Waals surface area contributed by atoms with E-state index in [9.17, 15) is 0 Å². The second kappa shape index (κ2) is 5.73. The molecule has 0 unspecified atom stereocenters. The van der Waals surface area contributed by atoms with E-state index in [0.29, 0.717) is 5.15 Å². The molecular weight excluding hydrogens is 228 g/mol. The zero-order valence-corrected chi connectivity index (χ0v) is 10.2. The lowest BCUT2D eigenvalue weighted by molar-refractivity contribution is 0.287. The summed E-state index contributed by atoms with van der Waals surface area (Å²) in [5.41, 5.74) is 1.27. The SMILES string of the molecule is Clc1cc(CN2CCCSCC2)ccn1. The van der Waals surface area contributed by atoms with Crippen LogP contribution in [-0.4, -0.2) is 34.5 Å². The van der Waals surface area contributed by atoms with Gasteiger partial charge in [-0.1, -0.05) is 11.6 Å². The van der Waals surface area contributed by atoms with Crippen LogP contribution in [0.4, 0.5) is 0 Å². The maximum atomic E-state index is 5.86. The van der Waals surface area contributed by atoms with Crippen LogP contribution >= 0.6 is 23.4 Å². The summed E-state index contributed by atoms with van der Waals surface area (Å²) in [7, 11) is 0. The molecular formula is C11H15ClN2S. The minimum absolute atomic E-state index is 0.594. The van der Waals surface area contributed by atoms with Crippen molar-refractivity contribution < 1.29 is 0 Å². The second-order valence-corrected chi connectivity index (χ2v) is 5.34. The van der Waals surface area contributed by atoms with E-state index in [1.165, 1.54) is 36.6 Å². The number of halogens is 1. The predicted octanol–water partition coefficient (Wildman–Crippen LogP) is 2.67. The largest absolute Gasteiger partial charge is 0.298 e. The molecule has 2 rings (SSSR count). The molecule has 82 valence electrons. The van der Waals surface area contributed by atoms with Gasteiger partial charge in [-0.15, -0.1) is 0 Å². The van der Waals surface area contributed by atoms with E-state index in [2.05, 4.69) is 21.6 Å². The van der Waals surface area contributed by atoms with Crippen molar-refractivity contribution in [3.63, 3.8) is 0 Å². The van der Waals surface area contributed by atoms with Crippen molar-refractivity contribution in [3.8, 4) is 0 Å². The van der Waals surface area contributed by atoms with Crippen molar-refractivity contribution in [2.24, 2.45) is 0 Å². The fourth-order valence-electron chi connectivity index (χ4n) is 1.75. The first kappa shape index (κ1) is 11.2. The van der Waals surface area contributed by atoms with Crippen LogP contribution in [0.15, 0.2) is 18.3 Å². The molecule has 0 amide bonds. The lowest BCUT2D eigenvalue weighted by atomic mass is 10.2. The van der Waals surface area contributed by atoms with Crippen molar-refractivity contribution in [2.45, 2.75) is 13.0 Å². The van der Waals surface area contributed by atoms with Gasteiger partial charge in [0.05, 0.1) is 0 Å². The van der Waals surface area contributed by atoms with E-state index in [0.717, 1.165) is 6.54 Å². The third kappa shape index (κ3) is 3.67.